The van der Waals surface area contributed by atoms with Gasteiger partial charge in [-0.3, -0.25) is 52.9 Å². The number of carbonyl (C=O) groups excluding carboxylic acids is 9. The molecule has 12 atom stereocenters. The van der Waals surface area contributed by atoms with Gasteiger partial charge in [-0.05, 0) is 106 Å². The maximum atomic E-state index is 14.3. The fourth-order valence-corrected chi connectivity index (χ4v) is 8.91. The van der Waals surface area contributed by atoms with Gasteiger partial charge >= 0.3 is 11.9 Å². The first-order valence-corrected chi connectivity index (χ1v) is 28.5. The Labute approximate surface area is 490 Å². The van der Waals surface area contributed by atoms with Crippen molar-refractivity contribution >= 4 is 71.1 Å². The highest BCUT2D eigenvalue weighted by Gasteiger charge is 2.39. The second kappa shape index (κ2) is 36.1. The molecule has 1 aromatic carbocycles. The molecule has 29 heteroatoms. The summed E-state index contributed by atoms with van der Waals surface area (Å²) in [5.41, 5.74) is 17.2. The van der Waals surface area contributed by atoms with E-state index in [4.69, 9.17) is 17.2 Å². The third kappa shape index (κ3) is 24.7. The second-order valence-electron chi connectivity index (χ2n) is 22.2. The minimum atomic E-state index is -1.79. The highest BCUT2D eigenvalue weighted by atomic mass is 16.4. The second-order valence-corrected chi connectivity index (χ2v) is 22.2. The zero-order valence-electron chi connectivity index (χ0n) is 49.6. The maximum absolute atomic E-state index is 14.3. The standard InChI is InChI=1S/C55H92N14O15/c1-10-30(8)43(54(83)84)68-48(77)37(25-32-18-20-33(71)21-19-32)63-46(75)36(17-14-24-60-55(57)58)62-53(82)44(31(9)70)69-47(76)35(15-11-12-22-56)61-50(79)41(28(4)5)67-52(81)42(29(6)7)66-49(78)38(26-39(72)73)64-51(80)40(27(2)3)65-45(74)34-16-13-23-59-34/h18-21,27-31,34-38,40-44,59,70-71H,10-17,22-26,56H2,1-9H3,(H,61,79)(H,62,82)(H,63,75)(H,64,80)(H,65,74)(H,66,78)(H,67,81)(H,68,77)(H,69,76)(H,72,73)(H,83,84)(H4,57,58,60)/t30-,31+,34-,35-,36-,37-,38-,40-,41-,42-,43-,44-/m0/s1. The summed E-state index contributed by atoms with van der Waals surface area (Å²) in [4.78, 5) is 153. The number of aliphatic carboxylic acids is 2. The van der Waals surface area contributed by atoms with Crippen molar-refractivity contribution in [3.05, 3.63) is 29.8 Å². The van der Waals surface area contributed by atoms with E-state index in [9.17, 15) is 73.2 Å². The van der Waals surface area contributed by atoms with Crippen LogP contribution in [0.4, 0.5) is 0 Å². The quantitative estimate of drug-likeness (QED) is 0.0182. The van der Waals surface area contributed by atoms with E-state index in [0.29, 0.717) is 31.4 Å². The molecule has 29 nitrogen and oxygen atoms in total. The molecule has 1 aromatic rings. The molecule has 1 fully saturated rings. The molecule has 0 bridgehead atoms. The predicted octanol–water partition coefficient (Wildman–Crippen LogP) is -2.81. The SMILES string of the molecule is CC[C@H](C)[C@H](NC(=O)[C@H](Cc1ccc(O)cc1)NC(=O)[C@H](CCCN=C(N)N)NC(=O)[C@@H](NC(=O)[C@H](CCCCN)NC(=O)[C@@H](NC(=O)[C@@H](NC(=O)[C@H](CC(=O)O)NC(=O)[C@@H](NC(=O)[C@@H]1CCCN1)C(C)C)C(C)C)C(C)C)[C@@H](C)O)C(=O)O. The molecule has 0 unspecified atom stereocenters. The molecular weight excluding hydrogens is 1100 g/mol. The number of nitrogens with one attached hydrogen (secondary N) is 10. The number of guanidine groups is 1. The van der Waals surface area contributed by atoms with Crippen LogP contribution in [0.5, 0.6) is 5.75 Å². The number of hydrogen-bond donors (Lipinski definition) is 17. The Balaban J connectivity index is 2.42. The number of benzene rings is 1. The molecule has 0 aliphatic carbocycles. The zero-order valence-corrected chi connectivity index (χ0v) is 49.6. The number of aromatic hydroxyl groups is 1. The molecule has 84 heavy (non-hydrogen) atoms. The molecule has 0 saturated carbocycles. The number of rotatable bonds is 37. The van der Waals surface area contributed by atoms with E-state index < -0.39 is 162 Å². The molecule has 0 spiro atoms. The van der Waals surface area contributed by atoms with Gasteiger partial charge in [0.05, 0.1) is 18.6 Å². The van der Waals surface area contributed by atoms with E-state index in [0.717, 1.165) is 6.42 Å². The van der Waals surface area contributed by atoms with E-state index in [1.165, 1.54) is 31.2 Å². The molecule has 2 rings (SSSR count). The Hall–Kier alpha value is -7.66. The number of amides is 9. The van der Waals surface area contributed by atoms with Gasteiger partial charge < -0.3 is 90.8 Å². The monoisotopic (exact) mass is 1190 g/mol. The fourth-order valence-electron chi connectivity index (χ4n) is 8.91. The Morgan fingerprint density at radius 3 is 1.50 bits per heavy atom. The average molecular weight is 1190 g/mol. The number of carboxylic acid groups (broad SMARTS) is 2. The molecule has 0 aromatic heterocycles. The van der Waals surface area contributed by atoms with Gasteiger partial charge in [-0.25, -0.2) is 4.79 Å². The number of aliphatic imine (C=N–C) groups is 1. The molecule has 1 aliphatic heterocycles. The number of hydrogen-bond acceptors (Lipinski definition) is 16. The lowest BCUT2D eigenvalue weighted by atomic mass is 9.98. The number of unbranched alkanes of at least 4 members (excludes halogenated alkanes) is 1. The first-order chi connectivity index (χ1) is 39.4. The average Bonchev–Trinajstić information content (AvgIpc) is 4.10. The van der Waals surface area contributed by atoms with Crippen LogP contribution in [0.15, 0.2) is 29.3 Å². The summed E-state index contributed by atoms with van der Waals surface area (Å²) in [6.07, 6.45) is -0.588. The highest BCUT2D eigenvalue weighted by molar-refractivity contribution is 5.99. The van der Waals surface area contributed by atoms with Crippen molar-refractivity contribution in [2.24, 2.45) is 45.9 Å². The largest absolute Gasteiger partial charge is 0.508 e. The third-order valence-electron chi connectivity index (χ3n) is 14.1. The molecule has 0 radical (unpaired) electrons. The highest BCUT2D eigenvalue weighted by Crippen LogP contribution is 2.16. The summed E-state index contributed by atoms with van der Waals surface area (Å²) in [5, 5.41) is 66.5. The number of carbonyl (C=O) groups is 11. The summed E-state index contributed by atoms with van der Waals surface area (Å²) in [6.45, 7) is 14.9. The molecular formula is C55H92N14O15. The minimum absolute atomic E-state index is 0.0204. The van der Waals surface area contributed by atoms with Crippen molar-refractivity contribution in [1.29, 1.82) is 0 Å². The number of phenolic OH excluding ortho intramolecular Hbond substituents is 1. The summed E-state index contributed by atoms with van der Waals surface area (Å²) in [7, 11) is 0. The van der Waals surface area contributed by atoms with Gasteiger partial charge in [0.15, 0.2) is 5.96 Å². The van der Waals surface area contributed by atoms with E-state index in [1.54, 1.807) is 55.4 Å². The minimum Gasteiger partial charge on any atom is -0.508 e. The summed E-state index contributed by atoms with van der Waals surface area (Å²) >= 11 is 0. The normalized spacial score (nSPS) is 17.0. The first-order valence-electron chi connectivity index (χ1n) is 28.5. The third-order valence-corrected chi connectivity index (χ3v) is 14.1. The molecule has 20 N–H and O–H groups in total. The lowest BCUT2D eigenvalue weighted by molar-refractivity contribution is -0.144. The predicted molar refractivity (Wildman–Crippen MR) is 309 cm³/mol. The van der Waals surface area contributed by atoms with Crippen LogP contribution in [-0.2, 0) is 59.2 Å². The van der Waals surface area contributed by atoms with Crippen LogP contribution in [0, 0.1) is 23.7 Å². The van der Waals surface area contributed by atoms with E-state index in [2.05, 4.69) is 58.2 Å². The van der Waals surface area contributed by atoms with Gasteiger partial charge in [-0.2, -0.15) is 0 Å². The fraction of sp³-hybridized carbons (Fsp3) is 0.673. The Morgan fingerprint density at radius 1 is 0.583 bits per heavy atom. The number of carboxylic acids is 2. The van der Waals surface area contributed by atoms with Crippen LogP contribution in [0.2, 0.25) is 0 Å². The Bertz CT molecular complexity index is 2410. The summed E-state index contributed by atoms with van der Waals surface area (Å²) < 4.78 is 0. The summed E-state index contributed by atoms with van der Waals surface area (Å²) in [6, 6.07) is -8.04. The van der Waals surface area contributed by atoms with Crippen LogP contribution in [-0.4, -0.2) is 178 Å². The smallest absolute Gasteiger partial charge is 0.326 e. The first kappa shape index (κ1) is 72.4. The van der Waals surface area contributed by atoms with Gasteiger partial charge in [-0.1, -0.05) is 73.9 Å². The number of nitrogens with zero attached hydrogens (tertiary/aromatic N) is 1. The lowest BCUT2D eigenvalue weighted by Crippen LogP contribution is -2.63. The number of nitrogens with two attached hydrogens (primary N) is 3. The summed E-state index contributed by atoms with van der Waals surface area (Å²) in [5.74, 6) is -13.5. The van der Waals surface area contributed by atoms with E-state index in [1.807, 2.05) is 0 Å². The number of phenols is 1. The zero-order chi connectivity index (χ0) is 63.5. The molecule has 1 saturated heterocycles. The van der Waals surface area contributed by atoms with Crippen molar-refractivity contribution in [2.75, 3.05) is 19.6 Å². The Morgan fingerprint density at radius 2 is 1.02 bits per heavy atom. The van der Waals surface area contributed by atoms with Gasteiger partial charge in [0.2, 0.25) is 53.2 Å². The van der Waals surface area contributed by atoms with Crippen LogP contribution < -0.4 is 70.4 Å². The van der Waals surface area contributed by atoms with Crippen LogP contribution in [0.1, 0.15) is 126 Å². The van der Waals surface area contributed by atoms with Gasteiger partial charge in [-0.15, -0.1) is 0 Å². The van der Waals surface area contributed by atoms with Crippen LogP contribution in [0.25, 0.3) is 0 Å². The van der Waals surface area contributed by atoms with Gasteiger partial charge in [0.25, 0.3) is 0 Å². The lowest BCUT2D eigenvalue weighted by Gasteiger charge is -2.30. The molecule has 1 heterocycles. The Kier molecular flexibility index (Phi) is 31.2. The number of aliphatic hydroxyl groups is 1. The van der Waals surface area contributed by atoms with Crippen molar-refractivity contribution in [1.82, 2.24) is 53.2 Å². The topological polar surface area (TPSA) is 479 Å². The van der Waals surface area contributed by atoms with Crippen molar-refractivity contribution < 1.29 is 73.2 Å². The van der Waals surface area contributed by atoms with E-state index in [-0.39, 0.29) is 56.9 Å². The molecule has 9 amide bonds. The van der Waals surface area contributed by atoms with Crippen molar-refractivity contribution in [3.63, 3.8) is 0 Å². The number of aliphatic hydroxyl groups excluding tert-OH is 1. The molecule has 472 valence electrons. The van der Waals surface area contributed by atoms with Crippen molar-refractivity contribution in [2.45, 2.75) is 193 Å². The van der Waals surface area contributed by atoms with Gasteiger partial charge in [0, 0.05) is 13.0 Å². The van der Waals surface area contributed by atoms with E-state index >= 15 is 0 Å². The molecule has 1 aliphatic rings. The maximum Gasteiger partial charge on any atom is 0.326 e. The van der Waals surface area contributed by atoms with Crippen molar-refractivity contribution in [3.8, 4) is 5.75 Å². The van der Waals surface area contributed by atoms with Crippen LogP contribution >= 0.6 is 0 Å². The van der Waals surface area contributed by atoms with Crippen LogP contribution in [0.3, 0.4) is 0 Å². The van der Waals surface area contributed by atoms with Gasteiger partial charge in [0.1, 0.15) is 60.1 Å².